The molecule has 2 aromatic carbocycles. The first kappa shape index (κ1) is 19.2. The van der Waals surface area contributed by atoms with Crippen molar-refractivity contribution in [1.29, 1.82) is 0 Å². The summed E-state index contributed by atoms with van der Waals surface area (Å²) in [4.78, 5) is 7.79. The van der Waals surface area contributed by atoms with Gasteiger partial charge in [0.25, 0.3) is 0 Å². The van der Waals surface area contributed by atoms with E-state index in [1.165, 1.54) is 18.4 Å². The largest absolute Gasteiger partial charge is 0.394 e. The lowest BCUT2D eigenvalue weighted by Gasteiger charge is -2.16. The van der Waals surface area contributed by atoms with Crippen LogP contribution in [0, 0.1) is 5.82 Å². The number of imidazole rings is 1. The maximum Gasteiger partial charge on any atom is 0.201 e. The van der Waals surface area contributed by atoms with Gasteiger partial charge in [0.15, 0.2) is 5.82 Å². The van der Waals surface area contributed by atoms with Crippen LogP contribution in [0.15, 0.2) is 53.3 Å². The second-order valence-electron chi connectivity index (χ2n) is 6.60. The molecule has 0 bridgehead atoms. The fourth-order valence-electron chi connectivity index (χ4n) is 3.11. The fourth-order valence-corrected chi connectivity index (χ4v) is 3.31. The van der Waals surface area contributed by atoms with Crippen LogP contribution in [0.5, 0.6) is 0 Å². The summed E-state index contributed by atoms with van der Waals surface area (Å²) < 4.78 is 18.8. The van der Waals surface area contributed by atoms with Gasteiger partial charge in [-0.3, -0.25) is 0 Å². The van der Waals surface area contributed by atoms with Crippen molar-refractivity contribution in [3.8, 4) is 0 Å². The number of halogens is 2. The van der Waals surface area contributed by atoms with Crippen LogP contribution in [-0.4, -0.2) is 32.9 Å². The molecule has 0 fully saturated rings. The summed E-state index contributed by atoms with van der Waals surface area (Å²) in [6, 6.07) is 11.5. The van der Waals surface area contributed by atoms with E-state index in [4.69, 9.17) is 16.1 Å². The Morgan fingerprint density at radius 3 is 2.90 bits per heavy atom. The maximum absolute atomic E-state index is 14.0. The Labute approximate surface area is 170 Å². The molecule has 4 rings (SSSR count). The number of benzene rings is 2. The minimum Gasteiger partial charge on any atom is -0.394 e. The third-order valence-corrected chi connectivity index (χ3v) is 4.76. The van der Waals surface area contributed by atoms with Crippen molar-refractivity contribution >= 4 is 34.4 Å². The number of aromatic nitrogens is 3. The van der Waals surface area contributed by atoms with Crippen molar-refractivity contribution in [3.05, 3.63) is 70.7 Å². The summed E-state index contributed by atoms with van der Waals surface area (Å²) in [5.41, 5.74) is 3.03. The molecule has 2 aromatic heterocycles. The van der Waals surface area contributed by atoms with Gasteiger partial charge in [0.05, 0.1) is 23.7 Å². The molecule has 0 saturated carbocycles. The molecule has 4 aromatic rings. The van der Waals surface area contributed by atoms with E-state index >= 15 is 0 Å². The number of aromatic amines is 1. The second-order valence-corrected chi connectivity index (χ2v) is 7.04. The van der Waals surface area contributed by atoms with Crippen molar-refractivity contribution in [3.63, 3.8) is 0 Å². The highest BCUT2D eigenvalue weighted by Crippen LogP contribution is 2.21. The highest BCUT2D eigenvalue weighted by molar-refractivity contribution is 6.30. The molecule has 7 nitrogen and oxygen atoms in total. The highest BCUT2D eigenvalue weighted by atomic mass is 35.5. The summed E-state index contributed by atoms with van der Waals surface area (Å²) in [5, 5.41) is 20.3. The van der Waals surface area contributed by atoms with E-state index in [0.717, 1.165) is 16.6 Å². The quantitative estimate of drug-likeness (QED) is 0.347. The van der Waals surface area contributed by atoms with Gasteiger partial charge in [0, 0.05) is 17.6 Å². The first-order chi connectivity index (χ1) is 14.1. The molecule has 0 spiro atoms. The molecule has 0 radical (unpaired) electrons. The number of H-pyrrole nitrogens is 1. The Kier molecular flexibility index (Phi) is 5.64. The predicted molar refractivity (Wildman–Crippen MR) is 110 cm³/mol. The second kappa shape index (κ2) is 8.50. The smallest absolute Gasteiger partial charge is 0.201 e. The van der Waals surface area contributed by atoms with E-state index < -0.39 is 6.04 Å². The fraction of sp³-hybridized carbons (Fsp3) is 0.200. The third-order valence-electron chi connectivity index (χ3n) is 4.53. The van der Waals surface area contributed by atoms with Gasteiger partial charge in [0.1, 0.15) is 12.1 Å². The zero-order valence-electron chi connectivity index (χ0n) is 15.3. The van der Waals surface area contributed by atoms with Gasteiger partial charge in [-0.1, -0.05) is 28.9 Å². The van der Waals surface area contributed by atoms with Gasteiger partial charge in [-0.15, -0.1) is 0 Å². The minimum absolute atomic E-state index is 0.191. The number of hydrogen-bond acceptors (Lipinski definition) is 6. The summed E-state index contributed by atoms with van der Waals surface area (Å²) in [6.45, 7) is 0.328. The molecule has 0 saturated heterocycles. The number of nitrogens with zero attached hydrogens (tertiary/aromatic N) is 2. The van der Waals surface area contributed by atoms with Crippen LogP contribution in [0.2, 0.25) is 5.02 Å². The number of para-hydroxylation sites is 1. The molecule has 1 atom stereocenters. The standard InChI is InChI=1S/C20H19ClFN5O2/c21-14-4-5-16(22)13(8-14)9-15(11-28)24-20-25-17-3-1-2-12(19(17)26-20)10-23-18-6-7-29-27-18/h1-8,15,28H,9-11H2,(H,23,27)(H2,24,25,26). The van der Waals surface area contributed by atoms with Crippen LogP contribution in [-0.2, 0) is 13.0 Å². The monoisotopic (exact) mass is 415 g/mol. The van der Waals surface area contributed by atoms with E-state index in [0.29, 0.717) is 28.9 Å². The summed E-state index contributed by atoms with van der Waals surface area (Å²) in [7, 11) is 0. The molecule has 0 aliphatic heterocycles. The molecule has 0 amide bonds. The summed E-state index contributed by atoms with van der Waals surface area (Å²) in [6.07, 6.45) is 1.76. The van der Waals surface area contributed by atoms with Gasteiger partial charge in [0.2, 0.25) is 5.95 Å². The minimum atomic E-state index is -0.430. The molecule has 0 aliphatic rings. The number of aliphatic hydroxyl groups is 1. The topological polar surface area (TPSA) is 99.0 Å². The van der Waals surface area contributed by atoms with Crippen LogP contribution in [0.1, 0.15) is 11.1 Å². The molecular weight excluding hydrogens is 397 g/mol. The Balaban J connectivity index is 1.51. The van der Waals surface area contributed by atoms with Gasteiger partial charge in [-0.2, -0.15) is 0 Å². The van der Waals surface area contributed by atoms with Crippen LogP contribution >= 0.6 is 11.6 Å². The Morgan fingerprint density at radius 1 is 1.21 bits per heavy atom. The molecule has 2 heterocycles. The summed E-state index contributed by atoms with van der Waals surface area (Å²) >= 11 is 5.96. The van der Waals surface area contributed by atoms with E-state index in [9.17, 15) is 9.50 Å². The van der Waals surface area contributed by atoms with Crippen molar-refractivity contribution in [2.45, 2.75) is 19.0 Å². The van der Waals surface area contributed by atoms with Crippen LogP contribution in [0.4, 0.5) is 16.2 Å². The lowest BCUT2D eigenvalue weighted by atomic mass is 10.1. The summed E-state index contributed by atoms with van der Waals surface area (Å²) in [5.74, 6) is 0.774. The maximum atomic E-state index is 14.0. The van der Waals surface area contributed by atoms with Crippen molar-refractivity contribution in [2.24, 2.45) is 0 Å². The van der Waals surface area contributed by atoms with Crippen molar-refractivity contribution < 1.29 is 14.0 Å². The molecule has 150 valence electrons. The molecule has 9 heteroatoms. The van der Waals surface area contributed by atoms with E-state index in [1.807, 2.05) is 18.2 Å². The average molecular weight is 416 g/mol. The molecule has 4 N–H and O–H groups in total. The molecule has 29 heavy (non-hydrogen) atoms. The number of fused-ring (bicyclic) bond motifs is 1. The molecular formula is C20H19ClFN5O2. The van der Waals surface area contributed by atoms with Gasteiger partial charge < -0.3 is 25.2 Å². The number of anilines is 2. The number of rotatable bonds is 8. The van der Waals surface area contributed by atoms with E-state index in [1.54, 1.807) is 12.1 Å². The third kappa shape index (κ3) is 4.49. The van der Waals surface area contributed by atoms with Gasteiger partial charge in [-0.25, -0.2) is 9.37 Å². The van der Waals surface area contributed by atoms with Crippen molar-refractivity contribution in [2.75, 3.05) is 17.2 Å². The van der Waals surface area contributed by atoms with Gasteiger partial charge in [-0.05, 0) is 41.8 Å². The highest BCUT2D eigenvalue weighted by Gasteiger charge is 2.15. The Hall–Kier alpha value is -3.10. The Morgan fingerprint density at radius 2 is 2.10 bits per heavy atom. The first-order valence-corrected chi connectivity index (χ1v) is 9.43. The first-order valence-electron chi connectivity index (χ1n) is 9.05. The lowest BCUT2D eigenvalue weighted by molar-refractivity contribution is 0.272. The average Bonchev–Trinajstić information content (AvgIpc) is 3.38. The van der Waals surface area contributed by atoms with Gasteiger partial charge >= 0.3 is 0 Å². The normalized spacial score (nSPS) is 12.2. The molecule has 0 aliphatic carbocycles. The number of hydrogen-bond donors (Lipinski definition) is 4. The van der Waals surface area contributed by atoms with Crippen molar-refractivity contribution in [1.82, 2.24) is 15.1 Å². The Bertz CT molecular complexity index is 1100. The van der Waals surface area contributed by atoms with E-state index in [2.05, 4.69) is 25.8 Å². The number of aliphatic hydroxyl groups excluding tert-OH is 1. The molecule has 1 unspecified atom stereocenters. The van der Waals surface area contributed by atoms with E-state index in [-0.39, 0.29) is 18.8 Å². The predicted octanol–water partition coefficient (Wildman–Crippen LogP) is 3.97. The lowest BCUT2D eigenvalue weighted by Crippen LogP contribution is -2.27. The van der Waals surface area contributed by atoms with Crippen LogP contribution in [0.25, 0.3) is 11.0 Å². The SMILES string of the molecule is OCC(Cc1cc(Cl)ccc1F)Nc1nc2c(CNc3ccon3)cccc2[nH]1. The number of nitrogens with one attached hydrogen (secondary N) is 3. The zero-order valence-corrected chi connectivity index (χ0v) is 16.1. The zero-order chi connectivity index (χ0) is 20.2. The van der Waals surface area contributed by atoms with Crippen LogP contribution < -0.4 is 10.6 Å². The van der Waals surface area contributed by atoms with Crippen LogP contribution in [0.3, 0.4) is 0 Å².